The first-order valence-corrected chi connectivity index (χ1v) is 11.6. The van der Waals surface area contributed by atoms with Crippen LogP contribution in [-0.4, -0.2) is 74.2 Å². The molecular weight excluding hydrogens is 392 g/mol. The number of anilines is 2. The SMILES string of the molecule is Cc1ccc(N2CCN(C(C)C)CC2C2CN(C)CCN2c2ccc(Cl)cc2)cc1. The number of likely N-dealkylation sites (N-methyl/N-ethyl adjacent to an activating group) is 1. The van der Waals surface area contributed by atoms with E-state index < -0.39 is 0 Å². The molecule has 4 nitrogen and oxygen atoms in total. The van der Waals surface area contributed by atoms with Crippen molar-refractivity contribution in [1.82, 2.24) is 9.80 Å². The Balaban J connectivity index is 1.69. The lowest BCUT2D eigenvalue weighted by atomic mass is 9.96. The number of benzene rings is 2. The lowest BCUT2D eigenvalue weighted by Gasteiger charge is -2.53. The average molecular weight is 427 g/mol. The van der Waals surface area contributed by atoms with Crippen LogP contribution in [0.3, 0.4) is 0 Å². The average Bonchev–Trinajstić information content (AvgIpc) is 2.74. The number of hydrogen-bond acceptors (Lipinski definition) is 4. The first-order valence-electron chi connectivity index (χ1n) is 11.2. The van der Waals surface area contributed by atoms with Gasteiger partial charge in [0.1, 0.15) is 0 Å². The van der Waals surface area contributed by atoms with E-state index in [1.165, 1.54) is 16.9 Å². The van der Waals surface area contributed by atoms with Crippen LogP contribution in [0.15, 0.2) is 48.5 Å². The maximum Gasteiger partial charge on any atom is 0.0633 e. The van der Waals surface area contributed by atoms with Crippen LogP contribution in [0.5, 0.6) is 0 Å². The van der Waals surface area contributed by atoms with Crippen molar-refractivity contribution in [3.05, 3.63) is 59.1 Å². The van der Waals surface area contributed by atoms with Gasteiger partial charge in [-0.05, 0) is 64.2 Å². The van der Waals surface area contributed by atoms with Crippen LogP contribution in [0.1, 0.15) is 19.4 Å². The summed E-state index contributed by atoms with van der Waals surface area (Å²) in [6, 6.07) is 18.9. The fourth-order valence-corrected chi connectivity index (χ4v) is 5.05. The van der Waals surface area contributed by atoms with Crippen LogP contribution in [0, 0.1) is 6.92 Å². The van der Waals surface area contributed by atoms with Gasteiger partial charge in [-0.1, -0.05) is 29.3 Å². The largest absolute Gasteiger partial charge is 0.364 e. The van der Waals surface area contributed by atoms with E-state index in [0.29, 0.717) is 18.1 Å². The second-order valence-electron chi connectivity index (χ2n) is 9.18. The van der Waals surface area contributed by atoms with Crippen molar-refractivity contribution in [3.63, 3.8) is 0 Å². The number of halogens is 1. The molecule has 2 unspecified atom stereocenters. The minimum absolute atomic E-state index is 0.424. The number of piperazine rings is 2. The Bertz CT molecular complexity index is 820. The Morgan fingerprint density at radius 1 is 0.767 bits per heavy atom. The number of rotatable bonds is 4. The van der Waals surface area contributed by atoms with Crippen molar-refractivity contribution in [3.8, 4) is 0 Å². The summed E-state index contributed by atoms with van der Waals surface area (Å²) >= 11 is 6.19. The van der Waals surface area contributed by atoms with E-state index in [9.17, 15) is 0 Å². The molecule has 0 amide bonds. The van der Waals surface area contributed by atoms with Crippen LogP contribution >= 0.6 is 11.6 Å². The standard InChI is InChI=1S/C25H35ClN4/c1-19(2)28-14-16-30(22-9-5-20(3)6-10-22)25(18-28)24-17-27(4)13-15-29(24)23-11-7-21(26)8-12-23/h5-12,19,24-25H,13-18H2,1-4H3. The quantitative estimate of drug-likeness (QED) is 0.719. The minimum Gasteiger partial charge on any atom is -0.364 e. The first-order chi connectivity index (χ1) is 14.4. The highest BCUT2D eigenvalue weighted by atomic mass is 35.5. The van der Waals surface area contributed by atoms with E-state index >= 15 is 0 Å². The van der Waals surface area contributed by atoms with E-state index in [1.54, 1.807) is 0 Å². The molecule has 0 aliphatic carbocycles. The van der Waals surface area contributed by atoms with Crippen LogP contribution < -0.4 is 9.80 Å². The highest BCUT2D eigenvalue weighted by Crippen LogP contribution is 2.30. The topological polar surface area (TPSA) is 13.0 Å². The van der Waals surface area contributed by atoms with Crippen LogP contribution in [-0.2, 0) is 0 Å². The lowest BCUT2D eigenvalue weighted by Crippen LogP contribution is -2.67. The maximum absolute atomic E-state index is 6.19. The van der Waals surface area contributed by atoms with Crippen molar-refractivity contribution < 1.29 is 0 Å². The summed E-state index contributed by atoms with van der Waals surface area (Å²) in [5.74, 6) is 0. The highest BCUT2D eigenvalue weighted by Gasteiger charge is 2.39. The Kier molecular flexibility index (Phi) is 6.57. The van der Waals surface area contributed by atoms with Gasteiger partial charge in [0.15, 0.2) is 0 Å². The molecular formula is C25H35ClN4. The zero-order valence-electron chi connectivity index (χ0n) is 18.8. The molecule has 2 atom stereocenters. The second kappa shape index (κ2) is 9.17. The molecule has 0 N–H and O–H groups in total. The summed E-state index contributed by atoms with van der Waals surface area (Å²) in [4.78, 5) is 10.4. The summed E-state index contributed by atoms with van der Waals surface area (Å²) in [5, 5.41) is 0.800. The van der Waals surface area contributed by atoms with Gasteiger partial charge in [0.2, 0.25) is 0 Å². The third-order valence-electron chi connectivity index (χ3n) is 6.77. The third kappa shape index (κ3) is 4.61. The summed E-state index contributed by atoms with van der Waals surface area (Å²) in [6.45, 7) is 13.3. The fraction of sp³-hybridized carbons (Fsp3) is 0.520. The van der Waals surface area contributed by atoms with Crippen LogP contribution in [0.25, 0.3) is 0 Å². The third-order valence-corrected chi connectivity index (χ3v) is 7.02. The van der Waals surface area contributed by atoms with Gasteiger partial charge in [0, 0.05) is 61.7 Å². The predicted octanol–water partition coefficient (Wildman–Crippen LogP) is 4.37. The smallest absolute Gasteiger partial charge is 0.0633 e. The van der Waals surface area contributed by atoms with Crippen molar-refractivity contribution >= 4 is 23.0 Å². The van der Waals surface area contributed by atoms with Crippen molar-refractivity contribution in [2.24, 2.45) is 0 Å². The Morgan fingerprint density at radius 2 is 1.30 bits per heavy atom. The molecule has 2 heterocycles. The molecule has 0 bridgehead atoms. The number of hydrogen-bond donors (Lipinski definition) is 0. The Labute approximate surface area is 187 Å². The molecule has 0 radical (unpaired) electrons. The van der Waals surface area contributed by atoms with Crippen LogP contribution in [0.4, 0.5) is 11.4 Å². The Morgan fingerprint density at radius 3 is 1.90 bits per heavy atom. The highest BCUT2D eigenvalue weighted by molar-refractivity contribution is 6.30. The second-order valence-corrected chi connectivity index (χ2v) is 9.62. The zero-order chi connectivity index (χ0) is 21.3. The first kappa shape index (κ1) is 21.5. The van der Waals surface area contributed by atoms with Crippen LogP contribution in [0.2, 0.25) is 5.02 Å². The van der Waals surface area contributed by atoms with Crippen molar-refractivity contribution in [1.29, 1.82) is 0 Å². The van der Waals surface area contributed by atoms with E-state index in [1.807, 2.05) is 12.1 Å². The van der Waals surface area contributed by atoms with Gasteiger partial charge in [-0.2, -0.15) is 0 Å². The van der Waals surface area contributed by atoms with Gasteiger partial charge in [-0.15, -0.1) is 0 Å². The molecule has 2 aromatic carbocycles. The maximum atomic E-state index is 6.19. The molecule has 2 fully saturated rings. The molecule has 0 aromatic heterocycles. The molecule has 0 spiro atoms. The molecule has 30 heavy (non-hydrogen) atoms. The van der Waals surface area contributed by atoms with E-state index in [4.69, 9.17) is 11.6 Å². The number of nitrogens with zero attached hydrogens (tertiary/aromatic N) is 4. The van der Waals surface area contributed by atoms with Gasteiger partial charge in [-0.3, -0.25) is 4.90 Å². The molecule has 2 aliphatic heterocycles. The predicted molar refractivity (Wildman–Crippen MR) is 129 cm³/mol. The van der Waals surface area contributed by atoms with Gasteiger partial charge in [-0.25, -0.2) is 0 Å². The van der Waals surface area contributed by atoms with Crippen molar-refractivity contribution in [2.45, 2.75) is 38.9 Å². The van der Waals surface area contributed by atoms with E-state index in [2.05, 4.69) is 83.8 Å². The summed E-state index contributed by atoms with van der Waals surface area (Å²) in [6.07, 6.45) is 0. The van der Waals surface area contributed by atoms with Gasteiger partial charge in [0.25, 0.3) is 0 Å². The Hall–Kier alpha value is -1.75. The summed E-state index contributed by atoms with van der Waals surface area (Å²) in [7, 11) is 2.26. The molecule has 2 saturated heterocycles. The molecule has 2 aliphatic rings. The van der Waals surface area contributed by atoms with E-state index in [0.717, 1.165) is 44.3 Å². The zero-order valence-corrected chi connectivity index (χ0v) is 19.5. The lowest BCUT2D eigenvalue weighted by molar-refractivity contribution is 0.149. The van der Waals surface area contributed by atoms with Gasteiger partial charge in [0.05, 0.1) is 12.1 Å². The summed E-state index contributed by atoms with van der Waals surface area (Å²) in [5.41, 5.74) is 3.94. The molecule has 5 heteroatoms. The summed E-state index contributed by atoms with van der Waals surface area (Å²) < 4.78 is 0. The molecule has 4 rings (SSSR count). The minimum atomic E-state index is 0.424. The molecule has 0 saturated carbocycles. The van der Waals surface area contributed by atoms with Gasteiger partial charge < -0.3 is 14.7 Å². The molecule has 2 aromatic rings. The normalized spacial score (nSPS) is 23.9. The fourth-order valence-electron chi connectivity index (χ4n) is 4.92. The van der Waals surface area contributed by atoms with Crippen molar-refractivity contribution in [2.75, 3.05) is 56.1 Å². The number of aryl methyl sites for hydroxylation is 1. The monoisotopic (exact) mass is 426 g/mol. The molecule has 162 valence electrons. The van der Waals surface area contributed by atoms with E-state index in [-0.39, 0.29) is 0 Å². The van der Waals surface area contributed by atoms with Gasteiger partial charge >= 0.3 is 0 Å².